The topological polar surface area (TPSA) is 58.2 Å². The maximum absolute atomic E-state index is 12.3. The molecule has 23 heavy (non-hydrogen) atoms. The monoisotopic (exact) mass is 348 g/mol. The van der Waals surface area contributed by atoms with Crippen molar-refractivity contribution in [2.45, 2.75) is 17.1 Å². The standard InChI is InChI=1S/C17H17ClN2O2S/c1-11(23-15-9-4-3-8-14(15)18)16(21)20-13-7-5-6-12(10-13)17(22)19-2/h3-11H,1-2H3,(H,19,22)(H,20,21). The zero-order chi connectivity index (χ0) is 16.8. The van der Waals surface area contributed by atoms with Gasteiger partial charge in [-0.05, 0) is 37.3 Å². The first-order valence-electron chi connectivity index (χ1n) is 7.05. The predicted molar refractivity (Wildman–Crippen MR) is 95.2 cm³/mol. The summed E-state index contributed by atoms with van der Waals surface area (Å²) in [5.74, 6) is -0.344. The Bertz CT molecular complexity index is 721. The van der Waals surface area contributed by atoms with Crippen LogP contribution in [-0.4, -0.2) is 24.1 Å². The smallest absolute Gasteiger partial charge is 0.251 e. The Morgan fingerprint density at radius 3 is 2.57 bits per heavy atom. The van der Waals surface area contributed by atoms with E-state index in [2.05, 4.69) is 10.6 Å². The van der Waals surface area contributed by atoms with E-state index in [-0.39, 0.29) is 17.1 Å². The minimum atomic E-state index is -0.321. The average molecular weight is 349 g/mol. The highest BCUT2D eigenvalue weighted by Crippen LogP contribution is 2.30. The van der Waals surface area contributed by atoms with Crippen molar-refractivity contribution < 1.29 is 9.59 Å². The van der Waals surface area contributed by atoms with Crippen molar-refractivity contribution in [3.63, 3.8) is 0 Å². The number of benzene rings is 2. The van der Waals surface area contributed by atoms with Gasteiger partial charge in [0.05, 0.1) is 10.3 Å². The summed E-state index contributed by atoms with van der Waals surface area (Å²) in [6, 6.07) is 14.2. The summed E-state index contributed by atoms with van der Waals surface area (Å²) in [7, 11) is 1.57. The lowest BCUT2D eigenvalue weighted by molar-refractivity contribution is -0.115. The second-order valence-electron chi connectivity index (χ2n) is 4.84. The van der Waals surface area contributed by atoms with Crippen molar-refractivity contribution in [2.24, 2.45) is 0 Å². The van der Waals surface area contributed by atoms with Crippen molar-refractivity contribution >= 4 is 40.9 Å². The molecular weight excluding hydrogens is 332 g/mol. The zero-order valence-corrected chi connectivity index (χ0v) is 14.4. The molecule has 2 aromatic carbocycles. The number of rotatable bonds is 5. The highest BCUT2D eigenvalue weighted by molar-refractivity contribution is 8.00. The largest absolute Gasteiger partial charge is 0.355 e. The van der Waals surface area contributed by atoms with Gasteiger partial charge in [0.25, 0.3) is 5.91 Å². The van der Waals surface area contributed by atoms with Crippen LogP contribution in [0.15, 0.2) is 53.4 Å². The van der Waals surface area contributed by atoms with Crippen molar-refractivity contribution in [1.82, 2.24) is 5.32 Å². The molecule has 0 bridgehead atoms. The first-order chi connectivity index (χ1) is 11.0. The van der Waals surface area contributed by atoms with Crippen LogP contribution >= 0.6 is 23.4 Å². The summed E-state index contributed by atoms with van der Waals surface area (Å²) < 4.78 is 0. The van der Waals surface area contributed by atoms with E-state index in [4.69, 9.17) is 11.6 Å². The van der Waals surface area contributed by atoms with Gasteiger partial charge >= 0.3 is 0 Å². The summed E-state index contributed by atoms with van der Waals surface area (Å²) in [6.07, 6.45) is 0. The van der Waals surface area contributed by atoms with Crippen molar-refractivity contribution in [3.8, 4) is 0 Å². The van der Waals surface area contributed by atoms with Crippen LogP contribution in [0.4, 0.5) is 5.69 Å². The summed E-state index contributed by atoms with van der Waals surface area (Å²) in [5.41, 5.74) is 1.08. The first-order valence-corrected chi connectivity index (χ1v) is 8.31. The number of carbonyl (C=O) groups is 2. The zero-order valence-electron chi connectivity index (χ0n) is 12.8. The molecule has 1 unspecified atom stereocenters. The minimum absolute atomic E-state index is 0.149. The van der Waals surface area contributed by atoms with Crippen LogP contribution in [0, 0.1) is 0 Å². The molecule has 4 nitrogen and oxygen atoms in total. The predicted octanol–water partition coefficient (Wildman–Crippen LogP) is 3.82. The third kappa shape index (κ3) is 4.74. The molecule has 0 aliphatic carbocycles. The Morgan fingerprint density at radius 2 is 1.87 bits per heavy atom. The molecule has 0 aromatic heterocycles. The molecule has 0 aliphatic rings. The normalized spacial score (nSPS) is 11.6. The number of halogens is 1. The molecule has 0 heterocycles. The van der Waals surface area contributed by atoms with Gasteiger partial charge in [-0.15, -0.1) is 11.8 Å². The van der Waals surface area contributed by atoms with Crippen LogP contribution < -0.4 is 10.6 Å². The molecule has 0 fully saturated rings. The Labute approximate surface area is 144 Å². The lowest BCUT2D eigenvalue weighted by Gasteiger charge is -2.13. The third-order valence-corrected chi connectivity index (χ3v) is 4.75. The van der Waals surface area contributed by atoms with Crippen LogP contribution in [0.25, 0.3) is 0 Å². The van der Waals surface area contributed by atoms with E-state index >= 15 is 0 Å². The summed E-state index contributed by atoms with van der Waals surface area (Å²) in [6.45, 7) is 1.81. The molecule has 0 saturated carbocycles. The van der Waals surface area contributed by atoms with Crippen LogP contribution in [0.1, 0.15) is 17.3 Å². The first kappa shape index (κ1) is 17.4. The van der Waals surface area contributed by atoms with Gasteiger partial charge in [-0.25, -0.2) is 0 Å². The summed E-state index contributed by atoms with van der Waals surface area (Å²) >= 11 is 7.50. The van der Waals surface area contributed by atoms with Gasteiger partial charge in [0.15, 0.2) is 0 Å². The van der Waals surface area contributed by atoms with Gasteiger partial charge in [0, 0.05) is 23.2 Å². The molecule has 0 saturated heterocycles. The molecule has 120 valence electrons. The Kier molecular flexibility index (Phi) is 6.07. The van der Waals surface area contributed by atoms with Gasteiger partial charge < -0.3 is 10.6 Å². The van der Waals surface area contributed by atoms with Crippen molar-refractivity contribution in [3.05, 3.63) is 59.1 Å². The number of nitrogens with one attached hydrogen (secondary N) is 2. The number of hydrogen-bond donors (Lipinski definition) is 2. The number of thioether (sulfide) groups is 1. The Balaban J connectivity index is 2.04. The van der Waals surface area contributed by atoms with Gasteiger partial charge in [0.1, 0.15) is 0 Å². The summed E-state index contributed by atoms with van der Waals surface area (Å²) in [5, 5.41) is 5.67. The van der Waals surface area contributed by atoms with Crippen LogP contribution in [0.2, 0.25) is 5.02 Å². The van der Waals surface area contributed by atoms with E-state index < -0.39 is 0 Å². The van der Waals surface area contributed by atoms with Crippen molar-refractivity contribution in [2.75, 3.05) is 12.4 Å². The van der Waals surface area contributed by atoms with E-state index in [1.54, 1.807) is 37.4 Å². The molecule has 2 rings (SSSR count). The molecule has 2 amide bonds. The van der Waals surface area contributed by atoms with Gasteiger partial charge in [-0.3, -0.25) is 9.59 Å². The number of amides is 2. The fourth-order valence-corrected chi connectivity index (χ4v) is 3.06. The van der Waals surface area contributed by atoms with Crippen molar-refractivity contribution in [1.29, 1.82) is 0 Å². The van der Waals surface area contributed by atoms with E-state index in [0.717, 1.165) is 4.90 Å². The molecule has 1 atom stereocenters. The molecule has 6 heteroatoms. The fraction of sp³-hybridized carbons (Fsp3) is 0.176. The second kappa shape index (κ2) is 8.04. The Morgan fingerprint density at radius 1 is 1.13 bits per heavy atom. The molecule has 0 spiro atoms. The van der Waals surface area contributed by atoms with Gasteiger partial charge in [-0.1, -0.05) is 29.8 Å². The number of carbonyl (C=O) groups excluding carboxylic acids is 2. The van der Waals surface area contributed by atoms with Crippen LogP contribution in [-0.2, 0) is 4.79 Å². The molecule has 0 aliphatic heterocycles. The minimum Gasteiger partial charge on any atom is -0.355 e. The van der Waals surface area contributed by atoms with Gasteiger partial charge in [0.2, 0.25) is 5.91 Å². The van der Waals surface area contributed by atoms with E-state index in [1.165, 1.54) is 11.8 Å². The third-order valence-electron chi connectivity index (χ3n) is 3.13. The summed E-state index contributed by atoms with van der Waals surface area (Å²) in [4.78, 5) is 24.8. The second-order valence-corrected chi connectivity index (χ2v) is 6.63. The van der Waals surface area contributed by atoms with Crippen LogP contribution in [0.5, 0.6) is 0 Å². The van der Waals surface area contributed by atoms with E-state index in [1.807, 2.05) is 25.1 Å². The molecule has 2 aromatic rings. The fourth-order valence-electron chi connectivity index (χ4n) is 1.91. The molecule has 0 radical (unpaired) electrons. The van der Waals surface area contributed by atoms with Crippen LogP contribution in [0.3, 0.4) is 0 Å². The lowest BCUT2D eigenvalue weighted by atomic mass is 10.2. The maximum Gasteiger partial charge on any atom is 0.251 e. The highest BCUT2D eigenvalue weighted by Gasteiger charge is 2.16. The maximum atomic E-state index is 12.3. The number of hydrogen-bond acceptors (Lipinski definition) is 3. The quantitative estimate of drug-likeness (QED) is 0.807. The number of anilines is 1. The molecule has 2 N–H and O–H groups in total. The van der Waals surface area contributed by atoms with E-state index in [0.29, 0.717) is 16.3 Å². The Hall–Kier alpha value is -1.98. The highest BCUT2D eigenvalue weighted by atomic mass is 35.5. The lowest BCUT2D eigenvalue weighted by Crippen LogP contribution is -2.23. The molecular formula is C17H17ClN2O2S. The average Bonchev–Trinajstić information content (AvgIpc) is 2.56. The SMILES string of the molecule is CNC(=O)c1cccc(NC(=O)C(C)Sc2ccccc2Cl)c1. The van der Waals surface area contributed by atoms with Gasteiger partial charge in [-0.2, -0.15) is 0 Å². The van der Waals surface area contributed by atoms with E-state index in [9.17, 15) is 9.59 Å².